The van der Waals surface area contributed by atoms with Gasteiger partial charge in [-0.1, -0.05) is 0 Å². The van der Waals surface area contributed by atoms with E-state index in [-0.39, 0.29) is 0 Å². The third-order valence-corrected chi connectivity index (χ3v) is 4.86. The first kappa shape index (κ1) is 18.8. The van der Waals surface area contributed by atoms with E-state index in [4.69, 9.17) is 10.5 Å². The first-order chi connectivity index (χ1) is 14.2. The molecule has 146 valence electrons. The van der Waals surface area contributed by atoms with Crippen LogP contribution in [0.15, 0.2) is 36.7 Å². The fraction of sp³-hybridized carbons (Fsp3) is 0.286. The van der Waals surface area contributed by atoms with Crippen LogP contribution in [0.1, 0.15) is 29.7 Å². The van der Waals surface area contributed by atoms with Gasteiger partial charge in [-0.25, -0.2) is 9.97 Å². The molecular formula is C21H21N7O. The number of hydrogen-bond acceptors (Lipinski definition) is 8. The SMILES string of the molecule is Cc1nnc(N2CCCC2)cc1Oc1cc(C#N)ccc1-c1ncc(CN)cn1. The third kappa shape index (κ3) is 4.00. The van der Waals surface area contributed by atoms with Gasteiger partial charge in [0.05, 0.1) is 17.2 Å². The number of nitrogens with zero attached hydrogens (tertiary/aromatic N) is 6. The maximum absolute atomic E-state index is 9.32. The lowest BCUT2D eigenvalue weighted by molar-refractivity contribution is 0.474. The maximum Gasteiger partial charge on any atom is 0.162 e. The van der Waals surface area contributed by atoms with E-state index in [1.54, 1.807) is 30.6 Å². The van der Waals surface area contributed by atoms with E-state index in [9.17, 15) is 5.26 Å². The average molecular weight is 387 g/mol. The molecule has 0 bridgehead atoms. The topological polar surface area (TPSA) is 114 Å². The Balaban J connectivity index is 1.72. The summed E-state index contributed by atoms with van der Waals surface area (Å²) in [6.45, 7) is 4.15. The quantitative estimate of drug-likeness (QED) is 0.711. The van der Waals surface area contributed by atoms with Gasteiger partial charge in [-0.05, 0) is 38.0 Å². The summed E-state index contributed by atoms with van der Waals surface area (Å²) in [7, 11) is 0. The number of nitrogens with two attached hydrogens (primary N) is 1. The molecule has 0 saturated carbocycles. The van der Waals surface area contributed by atoms with Gasteiger partial charge in [0.1, 0.15) is 11.4 Å². The zero-order valence-electron chi connectivity index (χ0n) is 16.2. The summed E-state index contributed by atoms with van der Waals surface area (Å²) < 4.78 is 6.21. The fourth-order valence-corrected chi connectivity index (χ4v) is 3.21. The second-order valence-corrected chi connectivity index (χ2v) is 6.89. The Labute approximate surface area is 169 Å². The summed E-state index contributed by atoms with van der Waals surface area (Å²) in [6.07, 6.45) is 5.68. The second-order valence-electron chi connectivity index (χ2n) is 6.89. The Bertz CT molecular complexity index is 1050. The predicted octanol–water partition coefficient (Wildman–Crippen LogP) is 2.96. The van der Waals surface area contributed by atoms with Crippen LogP contribution in [0.2, 0.25) is 0 Å². The van der Waals surface area contributed by atoms with Gasteiger partial charge in [0.2, 0.25) is 0 Å². The van der Waals surface area contributed by atoms with E-state index < -0.39 is 0 Å². The molecule has 4 rings (SSSR count). The number of aromatic nitrogens is 4. The molecule has 2 N–H and O–H groups in total. The van der Waals surface area contributed by atoms with E-state index in [2.05, 4.69) is 31.1 Å². The van der Waals surface area contributed by atoms with Gasteiger partial charge in [0, 0.05) is 43.7 Å². The molecular weight excluding hydrogens is 366 g/mol. The summed E-state index contributed by atoms with van der Waals surface area (Å²) >= 11 is 0. The van der Waals surface area contributed by atoms with Gasteiger partial charge in [0.25, 0.3) is 0 Å². The van der Waals surface area contributed by atoms with Crippen LogP contribution in [0, 0.1) is 18.3 Å². The minimum Gasteiger partial charge on any atom is -0.454 e. The third-order valence-electron chi connectivity index (χ3n) is 4.86. The number of rotatable bonds is 5. The normalized spacial score (nSPS) is 13.3. The van der Waals surface area contributed by atoms with Crippen molar-refractivity contribution in [3.63, 3.8) is 0 Å². The van der Waals surface area contributed by atoms with Crippen molar-refractivity contribution >= 4 is 5.82 Å². The van der Waals surface area contributed by atoms with Crippen LogP contribution in [-0.2, 0) is 6.54 Å². The Kier molecular flexibility index (Phi) is 5.31. The lowest BCUT2D eigenvalue weighted by Crippen LogP contribution is -2.19. The van der Waals surface area contributed by atoms with E-state index in [0.29, 0.717) is 40.7 Å². The van der Waals surface area contributed by atoms with Gasteiger partial charge in [-0.2, -0.15) is 5.26 Å². The Morgan fingerprint density at radius 3 is 2.55 bits per heavy atom. The molecule has 29 heavy (non-hydrogen) atoms. The first-order valence-electron chi connectivity index (χ1n) is 9.50. The van der Waals surface area contributed by atoms with Gasteiger partial charge in [-0.15, -0.1) is 10.2 Å². The second kappa shape index (κ2) is 8.20. The average Bonchev–Trinajstić information content (AvgIpc) is 3.30. The highest BCUT2D eigenvalue weighted by Gasteiger charge is 2.18. The molecule has 1 aliphatic heterocycles. The largest absolute Gasteiger partial charge is 0.454 e. The van der Waals surface area contributed by atoms with Crippen molar-refractivity contribution in [3.8, 4) is 29.0 Å². The van der Waals surface area contributed by atoms with Crippen molar-refractivity contribution in [1.82, 2.24) is 20.2 Å². The van der Waals surface area contributed by atoms with Crippen molar-refractivity contribution in [2.24, 2.45) is 5.73 Å². The summed E-state index contributed by atoms with van der Waals surface area (Å²) in [5.41, 5.74) is 8.32. The van der Waals surface area contributed by atoms with Gasteiger partial charge in [-0.3, -0.25) is 0 Å². The van der Waals surface area contributed by atoms with E-state index >= 15 is 0 Å². The molecule has 3 heterocycles. The molecule has 1 saturated heterocycles. The zero-order chi connectivity index (χ0) is 20.2. The number of anilines is 1. The van der Waals surface area contributed by atoms with Crippen LogP contribution in [0.25, 0.3) is 11.4 Å². The Hall–Kier alpha value is -3.57. The first-order valence-corrected chi connectivity index (χ1v) is 9.50. The zero-order valence-corrected chi connectivity index (χ0v) is 16.2. The lowest BCUT2D eigenvalue weighted by Gasteiger charge is -2.18. The molecule has 0 amide bonds. The number of benzene rings is 1. The van der Waals surface area contributed by atoms with E-state index in [0.717, 1.165) is 37.3 Å². The Morgan fingerprint density at radius 2 is 1.86 bits per heavy atom. The number of aryl methyl sites for hydroxylation is 1. The molecule has 0 atom stereocenters. The highest BCUT2D eigenvalue weighted by molar-refractivity contribution is 5.66. The van der Waals surface area contributed by atoms with Crippen molar-refractivity contribution in [2.45, 2.75) is 26.3 Å². The number of ether oxygens (including phenoxy) is 1. The minimum atomic E-state index is 0.373. The molecule has 3 aromatic rings. The van der Waals surface area contributed by atoms with E-state index in [1.165, 1.54) is 0 Å². The predicted molar refractivity (Wildman–Crippen MR) is 108 cm³/mol. The fourth-order valence-electron chi connectivity index (χ4n) is 3.21. The standard InChI is InChI=1S/C21H21N7O/c1-14-18(9-20(27-26-14)28-6-2-3-7-28)29-19-8-15(10-22)4-5-17(19)21-24-12-16(11-23)13-25-21/h4-5,8-9,12-13H,2-3,6-7,11,23H2,1H3. The summed E-state index contributed by atoms with van der Waals surface area (Å²) in [5, 5.41) is 17.9. The molecule has 0 spiro atoms. The molecule has 1 aromatic carbocycles. The highest BCUT2D eigenvalue weighted by atomic mass is 16.5. The minimum absolute atomic E-state index is 0.373. The molecule has 8 heteroatoms. The number of hydrogen-bond donors (Lipinski definition) is 1. The number of nitriles is 1. The maximum atomic E-state index is 9.32. The lowest BCUT2D eigenvalue weighted by atomic mass is 10.1. The van der Waals surface area contributed by atoms with Crippen LogP contribution in [0.5, 0.6) is 11.5 Å². The van der Waals surface area contributed by atoms with Crippen molar-refractivity contribution in [2.75, 3.05) is 18.0 Å². The van der Waals surface area contributed by atoms with Gasteiger partial charge >= 0.3 is 0 Å². The van der Waals surface area contributed by atoms with Crippen LogP contribution >= 0.6 is 0 Å². The van der Waals surface area contributed by atoms with Crippen LogP contribution < -0.4 is 15.4 Å². The molecule has 1 fully saturated rings. The Morgan fingerprint density at radius 1 is 1.10 bits per heavy atom. The molecule has 0 aliphatic carbocycles. The van der Waals surface area contributed by atoms with Crippen molar-refractivity contribution in [3.05, 3.63) is 53.5 Å². The van der Waals surface area contributed by atoms with Crippen LogP contribution in [0.4, 0.5) is 5.82 Å². The smallest absolute Gasteiger partial charge is 0.162 e. The molecule has 1 aliphatic rings. The van der Waals surface area contributed by atoms with Crippen molar-refractivity contribution in [1.29, 1.82) is 5.26 Å². The summed E-state index contributed by atoms with van der Waals surface area (Å²) in [4.78, 5) is 11.0. The summed E-state index contributed by atoms with van der Waals surface area (Å²) in [6, 6.07) is 9.24. The van der Waals surface area contributed by atoms with Crippen LogP contribution in [0.3, 0.4) is 0 Å². The molecule has 0 unspecified atom stereocenters. The summed E-state index contributed by atoms with van der Waals surface area (Å²) in [5.74, 6) is 2.38. The van der Waals surface area contributed by atoms with Crippen molar-refractivity contribution < 1.29 is 4.74 Å². The monoisotopic (exact) mass is 387 g/mol. The highest BCUT2D eigenvalue weighted by Crippen LogP contribution is 2.34. The van der Waals surface area contributed by atoms with Gasteiger partial charge < -0.3 is 15.4 Å². The van der Waals surface area contributed by atoms with E-state index in [1.807, 2.05) is 13.0 Å². The molecule has 2 aromatic heterocycles. The van der Waals surface area contributed by atoms with Crippen LogP contribution in [-0.4, -0.2) is 33.3 Å². The molecule has 0 radical (unpaired) electrons. The van der Waals surface area contributed by atoms with Gasteiger partial charge in [0.15, 0.2) is 17.4 Å². The molecule has 8 nitrogen and oxygen atoms in total.